The van der Waals surface area contributed by atoms with Crippen LogP contribution in [0, 0.1) is 0 Å². The lowest BCUT2D eigenvalue weighted by atomic mass is 9.98. The topological polar surface area (TPSA) is 110 Å². The van der Waals surface area contributed by atoms with E-state index in [9.17, 15) is 15.3 Å². The third-order valence-electron chi connectivity index (χ3n) is 2.18. The van der Waals surface area contributed by atoms with Crippen LogP contribution in [0.3, 0.4) is 0 Å². The zero-order valence-electron chi connectivity index (χ0n) is 7.61. The maximum Gasteiger partial charge on any atom is 0.184 e. The molecule has 0 aromatic rings. The van der Waals surface area contributed by atoms with Crippen LogP contribution in [0.25, 0.3) is 0 Å². The van der Waals surface area contributed by atoms with Crippen LogP contribution >= 0.6 is 0 Å². The first-order chi connectivity index (χ1) is 6.49. The number of ether oxygens (including phenoxy) is 1. The number of allylic oxidation sites excluding steroid dienone is 1. The van der Waals surface area contributed by atoms with Crippen molar-refractivity contribution in [2.24, 2.45) is 0 Å². The van der Waals surface area contributed by atoms with Crippen molar-refractivity contribution in [1.29, 1.82) is 0 Å². The third-order valence-corrected chi connectivity index (χ3v) is 2.18. The van der Waals surface area contributed by atoms with Crippen molar-refractivity contribution < 1.29 is 30.3 Å². The predicted octanol–water partition coefficient (Wildman–Crippen LogP) is -1.75. The van der Waals surface area contributed by atoms with Crippen molar-refractivity contribution in [3.05, 3.63) is 11.8 Å². The largest absolute Gasteiger partial charge is 0.510 e. The van der Waals surface area contributed by atoms with Crippen LogP contribution in [-0.4, -0.2) is 56.2 Å². The molecule has 82 valence electrons. The second kappa shape index (κ2) is 4.24. The molecule has 0 saturated carbocycles. The van der Waals surface area contributed by atoms with Crippen LogP contribution in [0.2, 0.25) is 0 Å². The molecular formula is C8H14O6. The molecular weight excluding hydrogens is 192 g/mol. The Morgan fingerprint density at radius 3 is 2.14 bits per heavy atom. The molecule has 0 amide bonds. The summed E-state index contributed by atoms with van der Waals surface area (Å²) in [6, 6.07) is 0. The van der Waals surface area contributed by atoms with Crippen molar-refractivity contribution in [2.45, 2.75) is 37.6 Å². The van der Waals surface area contributed by atoms with E-state index in [4.69, 9.17) is 14.9 Å². The molecule has 0 bridgehead atoms. The number of hydrogen-bond acceptors (Lipinski definition) is 6. The van der Waals surface area contributed by atoms with E-state index in [1.165, 1.54) is 13.0 Å². The summed E-state index contributed by atoms with van der Waals surface area (Å²) in [5.74, 6) is -0.303. The molecule has 0 unspecified atom stereocenters. The van der Waals surface area contributed by atoms with Crippen LogP contribution < -0.4 is 0 Å². The normalized spacial score (nSPS) is 45.2. The summed E-state index contributed by atoms with van der Waals surface area (Å²) in [5.41, 5.74) is 0. The van der Waals surface area contributed by atoms with Crippen molar-refractivity contribution in [3.63, 3.8) is 0 Å². The quantitative estimate of drug-likeness (QED) is 0.325. The van der Waals surface area contributed by atoms with E-state index in [0.29, 0.717) is 0 Å². The summed E-state index contributed by atoms with van der Waals surface area (Å²) in [5, 5.41) is 46.1. The minimum absolute atomic E-state index is 0.303. The highest BCUT2D eigenvalue weighted by atomic mass is 16.6. The van der Waals surface area contributed by atoms with E-state index < -0.39 is 30.7 Å². The minimum Gasteiger partial charge on any atom is -0.510 e. The van der Waals surface area contributed by atoms with Crippen LogP contribution in [0.15, 0.2) is 11.8 Å². The van der Waals surface area contributed by atoms with Gasteiger partial charge in [0.2, 0.25) is 0 Å². The predicted molar refractivity (Wildman–Crippen MR) is 45.3 cm³/mol. The Morgan fingerprint density at radius 2 is 1.64 bits per heavy atom. The van der Waals surface area contributed by atoms with Crippen molar-refractivity contribution in [2.75, 3.05) is 0 Å². The van der Waals surface area contributed by atoms with Gasteiger partial charge in [-0.1, -0.05) is 0 Å². The zero-order chi connectivity index (χ0) is 10.9. The van der Waals surface area contributed by atoms with Gasteiger partial charge in [0.25, 0.3) is 0 Å². The van der Waals surface area contributed by atoms with Gasteiger partial charge in [0.05, 0.1) is 0 Å². The van der Waals surface area contributed by atoms with Gasteiger partial charge in [0.15, 0.2) is 6.29 Å². The van der Waals surface area contributed by atoms with E-state index in [1.807, 2.05) is 0 Å². The maximum atomic E-state index is 9.38. The fourth-order valence-corrected chi connectivity index (χ4v) is 1.27. The minimum atomic E-state index is -1.62. The fourth-order valence-electron chi connectivity index (χ4n) is 1.27. The summed E-state index contributed by atoms with van der Waals surface area (Å²) in [4.78, 5) is 0. The summed E-state index contributed by atoms with van der Waals surface area (Å²) < 4.78 is 4.71. The molecule has 1 saturated heterocycles. The van der Waals surface area contributed by atoms with Gasteiger partial charge in [-0.3, -0.25) is 0 Å². The average Bonchev–Trinajstić information content (AvgIpc) is 2.19. The molecule has 0 spiro atoms. The Kier molecular flexibility index (Phi) is 3.46. The highest BCUT2D eigenvalue weighted by Crippen LogP contribution is 2.23. The zero-order valence-corrected chi connectivity index (χ0v) is 7.61. The Bertz CT molecular complexity index is 228. The van der Waals surface area contributed by atoms with Gasteiger partial charge < -0.3 is 30.3 Å². The Balaban J connectivity index is 2.80. The summed E-state index contributed by atoms with van der Waals surface area (Å²) in [6.07, 6.45) is -6.17. The van der Waals surface area contributed by atoms with Gasteiger partial charge in [0, 0.05) is 0 Å². The first kappa shape index (κ1) is 11.4. The van der Waals surface area contributed by atoms with Gasteiger partial charge in [-0.15, -0.1) is 0 Å². The molecule has 0 radical (unpaired) electrons. The van der Waals surface area contributed by atoms with Crippen molar-refractivity contribution >= 4 is 0 Å². The van der Waals surface area contributed by atoms with Gasteiger partial charge in [-0.25, -0.2) is 0 Å². The monoisotopic (exact) mass is 206 g/mol. The number of hydrogen-bond donors (Lipinski definition) is 5. The SMILES string of the molecule is CC=C(O)[C@H]1O[C@H](O)[C@H](O)[C@@H](O)[C@@H]1O. The Hall–Kier alpha value is -0.660. The third kappa shape index (κ3) is 1.89. The van der Waals surface area contributed by atoms with E-state index in [2.05, 4.69) is 0 Å². The highest BCUT2D eigenvalue weighted by Gasteiger charge is 2.44. The molecule has 0 aromatic carbocycles. The second-order valence-corrected chi connectivity index (χ2v) is 3.13. The van der Waals surface area contributed by atoms with E-state index in [0.717, 1.165) is 0 Å². The van der Waals surface area contributed by atoms with Gasteiger partial charge in [-0.05, 0) is 13.0 Å². The molecule has 1 fully saturated rings. The lowest BCUT2D eigenvalue weighted by Crippen LogP contribution is -2.57. The molecule has 5 N–H and O–H groups in total. The van der Waals surface area contributed by atoms with Crippen LogP contribution in [-0.2, 0) is 4.74 Å². The molecule has 6 nitrogen and oxygen atoms in total. The molecule has 6 heteroatoms. The van der Waals surface area contributed by atoms with Gasteiger partial charge in [-0.2, -0.15) is 0 Å². The van der Waals surface area contributed by atoms with E-state index in [1.54, 1.807) is 0 Å². The van der Waals surface area contributed by atoms with Gasteiger partial charge >= 0.3 is 0 Å². The van der Waals surface area contributed by atoms with Crippen molar-refractivity contribution in [1.82, 2.24) is 0 Å². The number of aliphatic hydroxyl groups excluding tert-OH is 5. The molecule has 0 aliphatic carbocycles. The summed E-state index contributed by atoms with van der Waals surface area (Å²) in [6.45, 7) is 1.51. The molecule has 1 heterocycles. The smallest absolute Gasteiger partial charge is 0.184 e. The molecule has 0 aromatic heterocycles. The van der Waals surface area contributed by atoms with Crippen LogP contribution in [0.1, 0.15) is 6.92 Å². The van der Waals surface area contributed by atoms with Crippen LogP contribution in [0.4, 0.5) is 0 Å². The van der Waals surface area contributed by atoms with Crippen molar-refractivity contribution in [3.8, 4) is 0 Å². The Morgan fingerprint density at radius 1 is 1.07 bits per heavy atom. The van der Waals surface area contributed by atoms with E-state index in [-0.39, 0.29) is 5.76 Å². The molecule has 1 rings (SSSR count). The standard InChI is InChI=1S/C8H14O6/c1-2-3(9)7-5(11)4(10)6(12)8(13)14-7/h2,4-13H,1H3/t4-,5-,6+,7+,8-/m0/s1. The highest BCUT2D eigenvalue weighted by molar-refractivity contribution is 5.05. The number of rotatable bonds is 1. The van der Waals surface area contributed by atoms with Gasteiger partial charge in [0.1, 0.15) is 30.2 Å². The lowest BCUT2D eigenvalue weighted by molar-refractivity contribution is -0.278. The lowest BCUT2D eigenvalue weighted by Gasteiger charge is -2.37. The molecule has 5 atom stereocenters. The number of aliphatic hydroxyl groups is 5. The second-order valence-electron chi connectivity index (χ2n) is 3.13. The van der Waals surface area contributed by atoms with Crippen LogP contribution in [0.5, 0.6) is 0 Å². The molecule has 14 heavy (non-hydrogen) atoms. The maximum absolute atomic E-state index is 9.38. The van der Waals surface area contributed by atoms with E-state index >= 15 is 0 Å². The average molecular weight is 206 g/mol. The summed E-state index contributed by atoms with van der Waals surface area (Å²) in [7, 11) is 0. The molecule has 1 aliphatic rings. The first-order valence-corrected chi connectivity index (χ1v) is 4.22. The Labute approximate surface area is 80.7 Å². The first-order valence-electron chi connectivity index (χ1n) is 4.22. The fraction of sp³-hybridized carbons (Fsp3) is 0.750. The summed E-state index contributed by atoms with van der Waals surface area (Å²) >= 11 is 0. The molecule has 1 aliphatic heterocycles.